The first-order valence-electron chi connectivity index (χ1n) is 14.7. The Kier molecular flexibility index (Phi) is 11.3. The minimum Gasteiger partial charge on any atom is -0.385 e. The predicted octanol–water partition coefficient (Wildman–Crippen LogP) is 3.96. The maximum Gasteiger partial charge on any atom is 0.272 e. The van der Waals surface area contributed by atoms with Crippen molar-refractivity contribution in [3.63, 3.8) is 0 Å². The first kappa shape index (κ1) is 30.6. The van der Waals surface area contributed by atoms with Gasteiger partial charge < -0.3 is 10.6 Å². The number of hydrogen-bond donors (Lipinski definition) is 2. The van der Waals surface area contributed by atoms with E-state index in [1.807, 2.05) is 12.1 Å². The van der Waals surface area contributed by atoms with Crippen LogP contribution in [0.5, 0.6) is 0 Å². The van der Waals surface area contributed by atoms with Gasteiger partial charge in [0.05, 0.1) is 23.2 Å². The molecule has 2 N–H and O–H groups in total. The molecule has 224 valence electrons. The van der Waals surface area contributed by atoms with Crippen LogP contribution in [-0.4, -0.2) is 108 Å². The summed E-state index contributed by atoms with van der Waals surface area (Å²) in [7, 11) is 0. The van der Waals surface area contributed by atoms with Crippen LogP contribution in [0.2, 0.25) is 0 Å². The van der Waals surface area contributed by atoms with Gasteiger partial charge >= 0.3 is 0 Å². The monoisotopic (exact) mass is 568 g/mol. The van der Waals surface area contributed by atoms with Gasteiger partial charge in [0, 0.05) is 100 Å². The smallest absolute Gasteiger partial charge is 0.272 e. The van der Waals surface area contributed by atoms with Gasteiger partial charge in [0.1, 0.15) is 0 Å². The second-order valence-corrected chi connectivity index (χ2v) is 11.2. The largest absolute Gasteiger partial charge is 0.385 e. The van der Waals surface area contributed by atoms with Crippen molar-refractivity contribution in [2.75, 3.05) is 89.4 Å². The molecule has 0 saturated carbocycles. The van der Waals surface area contributed by atoms with Crippen molar-refractivity contribution < 1.29 is 9.85 Å². The lowest BCUT2D eigenvalue weighted by molar-refractivity contribution is -0.385. The van der Waals surface area contributed by atoms with Gasteiger partial charge in [0.2, 0.25) is 0 Å². The lowest BCUT2D eigenvalue weighted by atomic mass is 10.2. The van der Waals surface area contributed by atoms with Gasteiger partial charge in [0.15, 0.2) is 0 Å². The topological polar surface area (TPSA) is 123 Å². The molecule has 0 unspecified atom stereocenters. The Morgan fingerprint density at radius 2 is 1.00 bits per heavy atom. The molecular weight excluding hydrogens is 524 g/mol. The molecule has 2 saturated heterocycles. The van der Waals surface area contributed by atoms with Crippen molar-refractivity contribution in [3.8, 4) is 0 Å². The zero-order valence-corrected chi connectivity index (χ0v) is 24.4. The summed E-state index contributed by atoms with van der Waals surface area (Å²) in [5.41, 5.74) is 3.56. The maximum atomic E-state index is 11.0. The Balaban J connectivity index is 1.02. The predicted molar refractivity (Wildman–Crippen MR) is 163 cm³/mol. The third-order valence-electron chi connectivity index (χ3n) is 7.96. The van der Waals surface area contributed by atoms with Crippen LogP contribution in [0.25, 0.3) is 0 Å². The molecule has 2 aromatic rings. The molecule has 0 spiro atoms. The zero-order chi connectivity index (χ0) is 29.2. The van der Waals surface area contributed by atoms with Gasteiger partial charge in [-0.15, -0.1) is 0 Å². The minimum atomic E-state index is -0.340. The molecule has 0 atom stereocenters. The third kappa shape index (κ3) is 9.35. The van der Waals surface area contributed by atoms with Crippen molar-refractivity contribution in [1.82, 2.24) is 19.6 Å². The first-order chi connectivity index (χ1) is 19.8. The maximum absolute atomic E-state index is 11.0. The molecule has 41 heavy (non-hydrogen) atoms. The Labute approximate surface area is 242 Å². The molecule has 0 amide bonds. The van der Waals surface area contributed by atoms with E-state index in [2.05, 4.69) is 30.2 Å². The second kappa shape index (κ2) is 15.1. The van der Waals surface area contributed by atoms with Gasteiger partial charge in [-0.1, -0.05) is 0 Å². The summed E-state index contributed by atoms with van der Waals surface area (Å²) in [6, 6.07) is 10.4. The standard InChI is InChI=1S/C29H44N8O4/c1-24-20-26(6-8-28(24)36(38)39)30-10-3-12-32-16-18-34(22-32)14-5-15-35-19-17-33(23-35)13-4-11-31-27-7-9-29(37(40)41)25(2)21-27/h6-9,20-21,30-31H,3-5,10-19,22-23H2,1-2H3. The average Bonchev–Trinajstić information content (AvgIpc) is 3.58. The van der Waals surface area contributed by atoms with Crippen LogP contribution in [-0.2, 0) is 0 Å². The molecular formula is C29H44N8O4. The average molecular weight is 569 g/mol. The molecule has 0 aliphatic carbocycles. The Hall–Kier alpha value is -3.32. The number of nitro groups is 2. The molecule has 0 aromatic heterocycles. The van der Waals surface area contributed by atoms with E-state index in [0.29, 0.717) is 11.1 Å². The molecule has 2 aliphatic heterocycles. The van der Waals surface area contributed by atoms with Crippen LogP contribution in [0, 0.1) is 34.1 Å². The highest BCUT2D eigenvalue weighted by Crippen LogP contribution is 2.22. The summed E-state index contributed by atoms with van der Waals surface area (Å²) in [5.74, 6) is 0. The molecule has 2 heterocycles. The highest BCUT2D eigenvalue weighted by Gasteiger charge is 2.22. The summed E-state index contributed by atoms with van der Waals surface area (Å²) in [6.45, 7) is 16.2. The van der Waals surface area contributed by atoms with Crippen molar-refractivity contribution in [2.45, 2.75) is 33.1 Å². The fourth-order valence-corrected chi connectivity index (χ4v) is 5.67. The molecule has 12 nitrogen and oxygen atoms in total. The molecule has 0 radical (unpaired) electrons. The fraction of sp³-hybridized carbons (Fsp3) is 0.586. The van der Waals surface area contributed by atoms with E-state index in [4.69, 9.17) is 0 Å². The van der Waals surface area contributed by atoms with Crippen LogP contribution >= 0.6 is 0 Å². The van der Waals surface area contributed by atoms with Crippen molar-refractivity contribution in [2.24, 2.45) is 0 Å². The highest BCUT2D eigenvalue weighted by molar-refractivity contribution is 5.54. The van der Waals surface area contributed by atoms with Gasteiger partial charge in [-0.25, -0.2) is 0 Å². The van der Waals surface area contributed by atoms with Crippen LogP contribution in [0.1, 0.15) is 30.4 Å². The number of nitrogens with zero attached hydrogens (tertiary/aromatic N) is 6. The molecule has 2 aliphatic rings. The van der Waals surface area contributed by atoms with Gasteiger partial charge in [-0.05, 0) is 57.4 Å². The number of nitro benzene ring substituents is 2. The molecule has 4 rings (SSSR count). The molecule has 12 heteroatoms. The van der Waals surface area contributed by atoms with E-state index in [0.717, 1.165) is 103 Å². The van der Waals surface area contributed by atoms with E-state index in [1.54, 1.807) is 38.1 Å². The Morgan fingerprint density at radius 3 is 1.34 bits per heavy atom. The molecule has 2 fully saturated rings. The van der Waals surface area contributed by atoms with Crippen LogP contribution < -0.4 is 10.6 Å². The van der Waals surface area contributed by atoms with Crippen molar-refractivity contribution in [3.05, 3.63) is 67.8 Å². The van der Waals surface area contributed by atoms with Crippen LogP contribution in [0.4, 0.5) is 22.7 Å². The van der Waals surface area contributed by atoms with Gasteiger partial charge in [-0.3, -0.25) is 39.8 Å². The van der Waals surface area contributed by atoms with Crippen molar-refractivity contribution in [1.29, 1.82) is 0 Å². The number of rotatable bonds is 16. The van der Waals surface area contributed by atoms with E-state index >= 15 is 0 Å². The summed E-state index contributed by atoms with van der Waals surface area (Å²) in [5, 5.41) is 28.7. The van der Waals surface area contributed by atoms with Crippen LogP contribution in [0.15, 0.2) is 36.4 Å². The summed E-state index contributed by atoms with van der Waals surface area (Å²) in [4.78, 5) is 31.4. The van der Waals surface area contributed by atoms with E-state index < -0.39 is 0 Å². The third-order valence-corrected chi connectivity index (χ3v) is 7.96. The Bertz CT molecular complexity index is 1090. The first-order valence-corrected chi connectivity index (χ1v) is 14.7. The normalized spacial score (nSPS) is 16.8. The molecule has 0 bridgehead atoms. The number of anilines is 2. The Morgan fingerprint density at radius 1 is 0.634 bits per heavy atom. The highest BCUT2D eigenvalue weighted by atomic mass is 16.6. The second-order valence-electron chi connectivity index (χ2n) is 11.2. The summed E-state index contributed by atoms with van der Waals surface area (Å²) < 4.78 is 0. The van der Waals surface area contributed by atoms with Crippen molar-refractivity contribution >= 4 is 22.7 Å². The number of nitrogens with one attached hydrogen (secondary N) is 2. The zero-order valence-electron chi connectivity index (χ0n) is 24.4. The lowest BCUT2D eigenvalue weighted by Gasteiger charge is -2.21. The molecule has 2 aromatic carbocycles. The quantitative estimate of drug-likeness (QED) is 0.175. The number of benzene rings is 2. The fourth-order valence-electron chi connectivity index (χ4n) is 5.67. The SMILES string of the molecule is Cc1cc(NCCCN2CCN(CCCN3CCN(CCCNc4ccc([N+](=O)[O-])c(C)c4)C3)C2)ccc1[N+](=O)[O-]. The van der Waals surface area contributed by atoms with E-state index in [1.165, 1.54) is 6.42 Å². The summed E-state index contributed by atoms with van der Waals surface area (Å²) >= 11 is 0. The lowest BCUT2D eigenvalue weighted by Crippen LogP contribution is -2.31. The van der Waals surface area contributed by atoms with E-state index in [9.17, 15) is 20.2 Å². The van der Waals surface area contributed by atoms with Crippen LogP contribution in [0.3, 0.4) is 0 Å². The number of aryl methyl sites for hydroxylation is 2. The minimum absolute atomic E-state index is 0.163. The van der Waals surface area contributed by atoms with E-state index in [-0.39, 0.29) is 21.2 Å². The summed E-state index contributed by atoms with van der Waals surface area (Å²) in [6.07, 6.45) is 3.26. The number of hydrogen-bond acceptors (Lipinski definition) is 10. The van der Waals surface area contributed by atoms with Gasteiger partial charge in [-0.2, -0.15) is 0 Å². The van der Waals surface area contributed by atoms with Gasteiger partial charge in [0.25, 0.3) is 11.4 Å².